The van der Waals surface area contributed by atoms with Gasteiger partial charge in [-0.1, -0.05) is 24.6 Å². The van der Waals surface area contributed by atoms with E-state index >= 15 is 0 Å². The van der Waals surface area contributed by atoms with Crippen LogP contribution in [0, 0.1) is 0 Å². The Labute approximate surface area is 186 Å². The summed E-state index contributed by atoms with van der Waals surface area (Å²) in [7, 11) is 4.81. The van der Waals surface area contributed by atoms with Crippen molar-refractivity contribution in [2.24, 2.45) is 0 Å². The van der Waals surface area contributed by atoms with E-state index in [2.05, 4.69) is 23.1 Å². The van der Waals surface area contributed by atoms with E-state index in [1.165, 1.54) is 4.70 Å². The zero-order valence-electron chi connectivity index (χ0n) is 18.0. The van der Waals surface area contributed by atoms with Crippen molar-refractivity contribution >= 4 is 27.4 Å². The average Bonchev–Trinajstić information content (AvgIpc) is 3.22. The van der Waals surface area contributed by atoms with Gasteiger partial charge in [-0.15, -0.1) is 11.3 Å². The van der Waals surface area contributed by atoms with Gasteiger partial charge in [0.1, 0.15) is 11.8 Å². The highest BCUT2D eigenvalue weighted by Gasteiger charge is 2.37. The standard InChI is InChI=1S/C24H27NO5S/c1-28-18-14-20(30-3)19(29-2)13-16(18)23(25-11-7-6-9-17(25)24(26)27)22-12-15-8-4-5-10-21(15)31-22/h4-5,8,10,12-14,17,23H,6-7,9,11H2,1-3H3,(H,26,27). The molecule has 1 aliphatic rings. The van der Waals surface area contributed by atoms with E-state index in [4.69, 9.17) is 14.2 Å². The van der Waals surface area contributed by atoms with E-state index in [9.17, 15) is 9.90 Å². The first kappa shape index (κ1) is 21.5. The molecule has 4 rings (SSSR count). The molecule has 1 aliphatic heterocycles. The molecule has 0 aliphatic carbocycles. The number of ether oxygens (including phenoxy) is 3. The van der Waals surface area contributed by atoms with Crippen LogP contribution in [0.2, 0.25) is 0 Å². The van der Waals surface area contributed by atoms with Crippen LogP contribution >= 0.6 is 11.3 Å². The van der Waals surface area contributed by atoms with Crippen molar-refractivity contribution in [3.8, 4) is 17.2 Å². The fraction of sp³-hybridized carbons (Fsp3) is 0.375. The van der Waals surface area contributed by atoms with Crippen LogP contribution < -0.4 is 14.2 Å². The maximum absolute atomic E-state index is 12.2. The Balaban J connectivity index is 1.93. The van der Waals surface area contributed by atoms with E-state index < -0.39 is 12.0 Å². The molecule has 0 radical (unpaired) electrons. The molecule has 1 N–H and O–H groups in total. The van der Waals surface area contributed by atoms with Crippen molar-refractivity contribution in [3.63, 3.8) is 0 Å². The fourth-order valence-electron chi connectivity index (χ4n) is 4.43. The van der Waals surface area contributed by atoms with Gasteiger partial charge >= 0.3 is 5.97 Å². The maximum Gasteiger partial charge on any atom is 0.320 e. The number of aliphatic carboxylic acids is 1. The number of hydrogen-bond donors (Lipinski definition) is 1. The lowest BCUT2D eigenvalue weighted by atomic mass is 9.94. The van der Waals surface area contributed by atoms with Crippen molar-refractivity contribution < 1.29 is 24.1 Å². The highest BCUT2D eigenvalue weighted by molar-refractivity contribution is 7.19. The molecule has 2 unspecified atom stereocenters. The lowest BCUT2D eigenvalue weighted by molar-refractivity contribution is -0.145. The highest BCUT2D eigenvalue weighted by atomic mass is 32.1. The van der Waals surface area contributed by atoms with Crippen molar-refractivity contribution in [1.82, 2.24) is 4.90 Å². The largest absolute Gasteiger partial charge is 0.496 e. The Bertz CT molecular complexity index is 1050. The number of benzene rings is 2. The van der Waals surface area contributed by atoms with Gasteiger partial charge in [0.25, 0.3) is 0 Å². The molecular formula is C24H27NO5S. The summed E-state index contributed by atoms with van der Waals surface area (Å²) in [4.78, 5) is 15.3. The highest BCUT2D eigenvalue weighted by Crippen LogP contribution is 2.46. The van der Waals surface area contributed by atoms with Crippen LogP contribution in [0.25, 0.3) is 10.1 Å². The van der Waals surface area contributed by atoms with Gasteiger partial charge in [-0.2, -0.15) is 0 Å². The van der Waals surface area contributed by atoms with E-state index in [1.54, 1.807) is 32.7 Å². The molecule has 1 saturated heterocycles. The number of fused-ring (bicyclic) bond motifs is 1. The summed E-state index contributed by atoms with van der Waals surface area (Å²) in [6, 6.07) is 13.3. The van der Waals surface area contributed by atoms with Gasteiger partial charge in [0.05, 0.1) is 27.4 Å². The minimum absolute atomic E-state index is 0.270. The van der Waals surface area contributed by atoms with E-state index in [0.717, 1.165) is 28.7 Å². The molecule has 31 heavy (non-hydrogen) atoms. The molecule has 0 saturated carbocycles. The molecule has 1 aromatic heterocycles. The third kappa shape index (κ3) is 4.07. The Morgan fingerprint density at radius 2 is 1.74 bits per heavy atom. The molecule has 2 atom stereocenters. The van der Waals surface area contributed by atoms with Crippen LogP contribution in [0.3, 0.4) is 0 Å². The number of rotatable bonds is 7. The maximum atomic E-state index is 12.2. The van der Waals surface area contributed by atoms with Gasteiger partial charge in [0.2, 0.25) is 0 Å². The van der Waals surface area contributed by atoms with Crippen molar-refractivity contribution in [2.75, 3.05) is 27.9 Å². The molecule has 164 valence electrons. The van der Waals surface area contributed by atoms with Crippen LogP contribution in [0.5, 0.6) is 17.2 Å². The lowest BCUT2D eigenvalue weighted by Crippen LogP contribution is -2.46. The Kier molecular flexibility index (Phi) is 6.34. The van der Waals surface area contributed by atoms with Crippen molar-refractivity contribution in [3.05, 3.63) is 52.9 Å². The van der Waals surface area contributed by atoms with E-state index in [0.29, 0.717) is 30.2 Å². The molecule has 0 amide bonds. The number of nitrogens with zero attached hydrogens (tertiary/aromatic N) is 1. The molecular weight excluding hydrogens is 414 g/mol. The van der Waals surface area contributed by atoms with Crippen molar-refractivity contribution in [1.29, 1.82) is 0 Å². The average molecular weight is 442 g/mol. The second-order valence-corrected chi connectivity index (χ2v) is 8.74. The lowest BCUT2D eigenvalue weighted by Gasteiger charge is -2.39. The number of carboxylic acid groups (broad SMARTS) is 1. The molecule has 2 heterocycles. The molecule has 1 fully saturated rings. The van der Waals surface area contributed by atoms with Crippen LogP contribution in [0.4, 0.5) is 0 Å². The summed E-state index contributed by atoms with van der Waals surface area (Å²) in [6.45, 7) is 0.702. The molecule has 0 spiro atoms. The van der Waals surface area contributed by atoms with E-state index in [1.807, 2.05) is 24.3 Å². The van der Waals surface area contributed by atoms with Gasteiger partial charge in [0.15, 0.2) is 11.5 Å². The second kappa shape index (κ2) is 9.16. The number of likely N-dealkylation sites (tertiary alicyclic amines) is 1. The first-order valence-corrected chi connectivity index (χ1v) is 11.2. The molecule has 7 heteroatoms. The third-order valence-electron chi connectivity index (χ3n) is 5.91. The SMILES string of the molecule is COc1cc(OC)c(C(c2cc3ccccc3s2)N2CCCCC2C(=O)O)cc1OC. The normalized spacial score (nSPS) is 18.0. The van der Waals surface area contributed by atoms with Crippen molar-refractivity contribution in [2.45, 2.75) is 31.3 Å². The first-order chi connectivity index (χ1) is 15.1. The van der Waals surface area contributed by atoms with Gasteiger partial charge in [-0.05, 0) is 43.0 Å². The fourth-order valence-corrected chi connectivity index (χ4v) is 5.63. The number of piperidine rings is 1. The zero-order valence-corrected chi connectivity index (χ0v) is 18.8. The molecule has 3 aromatic rings. The van der Waals surface area contributed by atoms with Crippen LogP contribution in [0.1, 0.15) is 35.7 Å². The number of carbonyl (C=O) groups is 1. The number of carboxylic acids is 1. The monoisotopic (exact) mass is 441 g/mol. The number of hydrogen-bond acceptors (Lipinski definition) is 6. The predicted octanol–water partition coefficient (Wildman–Crippen LogP) is 4.96. The van der Waals surface area contributed by atoms with Crippen LogP contribution in [0.15, 0.2) is 42.5 Å². The minimum atomic E-state index is -0.787. The quantitative estimate of drug-likeness (QED) is 0.559. The van der Waals surface area contributed by atoms with Gasteiger partial charge in [-0.3, -0.25) is 9.69 Å². The summed E-state index contributed by atoms with van der Waals surface area (Å²) in [5.41, 5.74) is 0.875. The summed E-state index contributed by atoms with van der Waals surface area (Å²) in [5.74, 6) is 1.03. The van der Waals surface area contributed by atoms with Gasteiger partial charge in [0, 0.05) is 21.2 Å². The topological polar surface area (TPSA) is 68.2 Å². The molecule has 0 bridgehead atoms. The Morgan fingerprint density at radius 1 is 1.03 bits per heavy atom. The number of methoxy groups -OCH3 is 3. The Morgan fingerprint density at radius 3 is 2.42 bits per heavy atom. The zero-order chi connectivity index (χ0) is 22.0. The van der Waals surface area contributed by atoms with Gasteiger partial charge in [-0.25, -0.2) is 0 Å². The summed E-state index contributed by atoms with van der Waals surface area (Å²) >= 11 is 1.69. The minimum Gasteiger partial charge on any atom is -0.496 e. The van der Waals surface area contributed by atoms with Crippen LogP contribution in [-0.2, 0) is 4.79 Å². The van der Waals surface area contributed by atoms with Gasteiger partial charge < -0.3 is 19.3 Å². The van der Waals surface area contributed by atoms with Crippen LogP contribution in [-0.4, -0.2) is 49.9 Å². The molecule has 2 aromatic carbocycles. The number of thiophene rings is 1. The summed E-state index contributed by atoms with van der Waals surface area (Å²) in [5, 5.41) is 11.1. The Hall–Kier alpha value is -2.77. The predicted molar refractivity (Wildman–Crippen MR) is 122 cm³/mol. The smallest absolute Gasteiger partial charge is 0.320 e. The third-order valence-corrected chi connectivity index (χ3v) is 7.07. The summed E-state index contributed by atoms with van der Waals surface area (Å²) in [6.07, 6.45) is 2.50. The van der Waals surface area contributed by atoms with E-state index in [-0.39, 0.29) is 6.04 Å². The first-order valence-electron chi connectivity index (χ1n) is 10.3. The second-order valence-electron chi connectivity index (χ2n) is 7.63. The summed E-state index contributed by atoms with van der Waals surface area (Å²) < 4.78 is 18.0. The molecule has 6 nitrogen and oxygen atoms in total.